The number of carbonyl (C=O) groups excluding carboxylic acids is 1. The molecule has 0 bridgehead atoms. The van der Waals surface area contributed by atoms with Gasteiger partial charge in [-0.15, -0.1) is 0 Å². The minimum atomic E-state index is -0.337. The van der Waals surface area contributed by atoms with Gasteiger partial charge in [0.2, 0.25) is 0 Å². The SMILES string of the molecule is C[C@@H]1CN([C@H](C)CO)C(=O)c2c(c3ccccc3n2C)-c2ccccc2CO[C@@H]1CN(C)Cc1cccnc1. The molecule has 0 saturated heterocycles. The third kappa shape index (κ3) is 5.48. The summed E-state index contributed by atoms with van der Waals surface area (Å²) < 4.78 is 8.69. The first kappa shape index (κ1) is 27.1. The number of para-hydroxylation sites is 1. The quantitative estimate of drug-likeness (QED) is 0.393. The molecule has 0 saturated carbocycles. The molecule has 0 unspecified atom stereocenters. The molecule has 3 atom stereocenters. The van der Waals surface area contributed by atoms with Gasteiger partial charge in [0.15, 0.2) is 0 Å². The van der Waals surface area contributed by atoms with Crippen LogP contribution in [0.2, 0.25) is 0 Å². The predicted octanol–water partition coefficient (Wildman–Crippen LogP) is 4.73. The molecule has 7 heteroatoms. The molecule has 1 aliphatic heterocycles. The summed E-state index contributed by atoms with van der Waals surface area (Å²) in [7, 11) is 4.04. The maximum Gasteiger partial charge on any atom is 0.271 e. The molecule has 1 N–H and O–H groups in total. The van der Waals surface area contributed by atoms with Gasteiger partial charge in [-0.1, -0.05) is 55.5 Å². The number of likely N-dealkylation sites (N-methyl/N-ethyl adjacent to an activating group) is 1. The second-order valence-corrected chi connectivity index (χ2v) is 10.8. The zero-order valence-electron chi connectivity index (χ0n) is 23.2. The Morgan fingerprint density at radius 3 is 2.67 bits per heavy atom. The normalized spacial score (nSPS) is 19.0. The highest BCUT2D eigenvalue weighted by Gasteiger charge is 2.33. The van der Waals surface area contributed by atoms with E-state index in [1.54, 1.807) is 6.20 Å². The van der Waals surface area contributed by atoms with Crippen molar-refractivity contribution in [1.82, 2.24) is 19.4 Å². The van der Waals surface area contributed by atoms with E-state index >= 15 is 0 Å². The molecule has 7 nitrogen and oxygen atoms in total. The summed E-state index contributed by atoms with van der Waals surface area (Å²) in [6, 6.07) is 20.1. The monoisotopic (exact) mass is 526 g/mol. The van der Waals surface area contributed by atoms with Gasteiger partial charge in [0.05, 0.1) is 25.4 Å². The molecule has 0 spiro atoms. The molecule has 0 fully saturated rings. The Balaban J connectivity index is 1.58. The third-order valence-corrected chi connectivity index (χ3v) is 7.89. The summed E-state index contributed by atoms with van der Waals surface area (Å²) >= 11 is 0. The Hall–Kier alpha value is -3.52. The van der Waals surface area contributed by atoms with Gasteiger partial charge in [0.1, 0.15) is 5.69 Å². The number of aliphatic hydroxyl groups excluding tert-OH is 1. The summed E-state index contributed by atoms with van der Waals surface area (Å²) in [5.41, 5.74) is 5.77. The smallest absolute Gasteiger partial charge is 0.271 e. The summed E-state index contributed by atoms with van der Waals surface area (Å²) in [6.07, 6.45) is 3.55. The van der Waals surface area contributed by atoms with Crippen LogP contribution in [0.15, 0.2) is 73.1 Å². The molecule has 0 radical (unpaired) electrons. The summed E-state index contributed by atoms with van der Waals surface area (Å²) in [5, 5.41) is 11.2. The van der Waals surface area contributed by atoms with Crippen LogP contribution in [0.25, 0.3) is 22.0 Å². The molecule has 0 aliphatic carbocycles. The van der Waals surface area contributed by atoms with Crippen LogP contribution >= 0.6 is 0 Å². The number of aryl methyl sites for hydroxylation is 1. The fourth-order valence-corrected chi connectivity index (χ4v) is 5.70. The standard InChI is InChI=1S/C32H38N4O3/c1-22-17-36(23(2)20-37)32(38)31-30(27-13-7-8-14-28(27)35(31)4)26-12-6-5-11-25(26)21-39-29(22)19-34(3)18-24-10-9-15-33-16-24/h5-16,22-23,29,37H,17-21H2,1-4H3/t22-,23-,29-/m1/s1. The minimum absolute atomic E-state index is 0.0303. The number of ether oxygens (including phenoxy) is 1. The van der Waals surface area contributed by atoms with Crippen molar-refractivity contribution in [2.45, 2.75) is 39.1 Å². The van der Waals surface area contributed by atoms with Crippen LogP contribution in [-0.2, 0) is 24.9 Å². The number of amides is 1. The van der Waals surface area contributed by atoms with Gasteiger partial charge in [0, 0.05) is 61.5 Å². The lowest BCUT2D eigenvalue weighted by molar-refractivity contribution is -0.0242. The van der Waals surface area contributed by atoms with E-state index in [1.165, 1.54) is 0 Å². The van der Waals surface area contributed by atoms with Crippen LogP contribution in [0.4, 0.5) is 0 Å². The van der Waals surface area contributed by atoms with Gasteiger partial charge in [-0.25, -0.2) is 0 Å². The zero-order valence-corrected chi connectivity index (χ0v) is 23.2. The van der Waals surface area contributed by atoms with Gasteiger partial charge in [-0.05, 0) is 42.8 Å². The van der Waals surface area contributed by atoms with Crippen LogP contribution < -0.4 is 0 Å². The summed E-state index contributed by atoms with van der Waals surface area (Å²) in [4.78, 5) is 22.7. The molecule has 204 valence electrons. The van der Waals surface area contributed by atoms with E-state index in [9.17, 15) is 9.90 Å². The lowest BCUT2D eigenvalue weighted by Gasteiger charge is -2.35. The van der Waals surface area contributed by atoms with Crippen molar-refractivity contribution in [1.29, 1.82) is 0 Å². The first-order chi connectivity index (χ1) is 18.9. The highest BCUT2D eigenvalue weighted by Crippen LogP contribution is 2.38. The number of hydrogen-bond acceptors (Lipinski definition) is 5. The number of rotatable bonds is 6. The molecule has 3 heterocycles. The largest absolute Gasteiger partial charge is 0.394 e. The highest BCUT2D eigenvalue weighted by molar-refractivity contribution is 6.10. The van der Waals surface area contributed by atoms with Gasteiger partial charge in [0.25, 0.3) is 5.91 Å². The van der Waals surface area contributed by atoms with Gasteiger partial charge in [-0.2, -0.15) is 0 Å². The van der Waals surface area contributed by atoms with E-state index in [0.717, 1.165) is 39.7 Å². The van der Waals surface area contributed by atoms with Crippen LogP contribution in [0, 0.1) is 5.92 Å². The molecule has 1 amide bonds. The van der Waals surface area contributed by atoms with E-state index in [-0.39, 0.29) is 30.6 Å². The number of benzene rings is 2. The lowest BCUT2D eigenvalue weighted by Crippen LogP contribution is -2.47. The maximum absolute atomic E-state index is 14.4. The molecule has 5 rings (SSSR count). The van der Waals surface area contributed by atoms with Crippen LogP contribution in [0.3, 0.4) is 0 Å². The van der Waals surface area contributed by atoms with Crippen LogP contribution in [0.5, 0.6) is 0 Å². The molecule has 39 heavy (non-hydrogen) atoms. The average molecular weight is 527 g/mol. The lowest BCUT2D eigenvalue weighted by atomic mass is 9.96. The Morgan fingerprint density at radius 1 is 1.13 bits per heavy atom. The van der Waals surface area contributed by atoms with Gasteiger partial charge in [-0.3, -0.25) is 14.7 Å². The topological polar surface area (TPSA) is 70.8 Å². The number of aliphatic hydroxyl groups is 1. The third-order valence-electron chi connectivity index (χ3n) is 7.89. The second-order valence-electron chi connectivity index (χ2n) is 10.8. The summed E-state index contributed by atoms with van der Waals surface area (Å²) in [5.74, 6) is -0.0426. The number of carbonyl (C=O) groups is 1. The van der Waals surface area contributed by atoms with Crippen molar-refractivity contribution >= 4 is 16.8 Å². The number of hydrogen-bond donors (Lipinski definition) is 1. The van der Waals surface area contributed by atoms with E-state index in [1.807, 2.05) is 60.0 Å². The van der Waals surface area contributed by atoms with E-state index in [2.05, 4.69) is 54.2 Å². The molecule has 1 aliphatic rings. The molecular weight excluding hydrogens is 488 g/mol. The van der Waals surface area contributed by atoms with Crippen LogP contribution in [0.1, 0.15) is 35.5 Å². The second kappa shape index (κ2) is 11.7. The van der Waals surface area contributed by atoms with E-state index in [0.29, 0.717) is 25.4 Å². The Bertz CT molecular complexity index is 1430. The van der Waals surface area contributed by atoms with E-state index < -0.39 is 0 Å². The van der Waals surface area contributed by atoms with Crippen molar-refractivity contribution in [2.75, 3.05) is 26.7 Å². The maximum atomic E-state index is 14.4. The summed E-state index contributed by atoms with van der Waals surface area (Å²) in [6.45, 7) is 6.31. The number of pyridine rings is 1. The predicted molar refractivity (Wildman–Crippen MR) is 154 cm³/mol. The number of aromatic nitrogens is 2. The first-order valence-electron chi connectivity index (χ1n) is 13.7. The Morgan fingerprint density at radius 2 is 1.90 bits per heavy atom. The molecule has 2 aromatic carbocycles. The molecule has 4 aromatic rings. The van der Waals surface area contributed by atoms with Crippen molar-refractivity contribution in [2.24, 2.45) is 13.0 Å². The Kier molecular flexibility index (Phi) is 8.12. The fourth-order valence-electron chi connectivity index (χ4n) is 5.70. The highest BCUT2D eigenvalue weighted by atomic mass is 16.5. The average Bonchev–Trinajstić information content (AvgIpc) is 3.24. The van der Waals surface area contributed by atoms with Gasteiger partial charge >= 0.3 is 0 Å². The van der Waals surface area contributed by atoms with Gasteiger partial charge < -0.3 is 19.3 Å². The molecule has 2 aromatic heterocycles. The first-order valence-corrected chi connectivity index (χ1v) is 13.7. The van der Waals surface area contributed by atoms with Crippen molar-refractivity contribution in [3.63, 3.8) is 0 Å². The van der Waals surface area contributed by atoms with Crippen molar-refractivity contribution in [3.05, 3.63) is 89.9 Å². The molecular formula is C32H38N4O3. The zero-order chi connectivity index (χ0) is 27.5. The van der Waals surface area contributed by atoms with Crippen molar-refractivity contribution < 1.29 is 14.6 Å². The van der Waals surface area contributed by atoms with Crippen molar-refractivity contribution in [3.8, 4) is 11.1 Å². The number of fused-ring (bicyclic) bond motifs is 5. The minimum Gasteiger partial charge on any atom is -0.394 e. The fraction of sp³-hybridized carbons (Fsp3) is 0.375. The number of nitrogens with zero attached hydrogens (tertiary/aromatic N) is 4. The Labute approximate surface area is 230 Å². The van der Waals surface area contributed by atoms with Crippen LogP contribution in [-0.4, -0.2) is 69.3 Å². The van der Waals surface area contributed by atoms with E-state index in [4.69, 9.17) is 4.74 Å².